The summed E-state index contributed by atoms with van der Waals surface area (Å²) in [5.41, 5.74) is 2.75. The lowest BCUT2D eigenvalue weighted by Crippen LogP contribution is -2.24. The van der Waals surface area contributed by atoms with Gasteiger partial charge in [0, 0.05) is 0 Å². The number of aromatic nitrogens is 2. The van der Waals surface area contributed by atoms with Gasteiger partial charge in [0.15, 0.2) is 0 Å². The van der Waals surface area contributed by atoms with Crippen molar-refractivity contribution >= 4 is 5.91 Å². The number of carbonyl (C=O) groups is 1. The standard InChI is InChI=1S/C20H22FN3O2/c1-13(2)11-18-19(20(25)22-12-17-5-4-10-26-17)14(3)24(23-18)16-8-6-15(21)7-9-16/h4-10,13H,11-12H2,1-3H3,(H,22,25). The molecule has 6 heteroatoms. The Morgan fingerprint density at radius 1 is 1.27 bits per heavy atom. The van der Waals surface area contributed by atoms with Crippen molar-refractivity contribution in [1.29, 1.82) is 0 Å². The van der Waals surface area contributed by atoms with E-state index in [-0.39, 0.29) is 11.7 Å². The topological polar surface area (TPSA) is 60.1 Å². The number of furan rings is 1. The Labute approximate surface area is 151 Å². The second kappa shape index (κ2) is 7.56. The number of nitrogens with zero attached hydrogens (tertiary/aromatic N) is 2. The largest absolute Gasteiger partial charge is 0.467 e. The lowest BCUT2D eigenvalue weighted by atomic mass is 10.0. The van der Waals surface area contributed by atoms with Crippen LogP contribution >= 0.6 is 0 Å². The highest BCUT2D eigenvalue weighted by Crippen LogP contribution is 2.21. The lowest BCUT2D eigenvalue weighted by molar-refractivity contribution is 0.0946. The minimum Gasteiger partial charge on any atom is -0.467 e. The molecule has 0 saturated carbocycles. The minimum atomic E-state index is -0.308. The molecule has 1 amide bonds. The molecule has 2 aromatic heterocycles. The summed E-state index contributed by atoms with van der Waals surface area (Å²) >= 11 is 0. The molecule has 0 saturated heterocycles. The number of halogens is 1. The first-order chi connectivity index (χ1) is 12.5. The SMILES string of the molecule is Cc1c(C(=O)NCc2ccco2)c(CC(C)C)nn1-c1ccc(F)cc1. The van der Waals surface area contributed by atoms with Crippen LogP contribution in [-0.2, 0) is 13.0 Å². The first-order valence-electron chi connectivity index (χ1n) is 8.60. The van der Waals surface area contributed by atoms with Crippen LogP contribution in [0.15, 0.2) is 47.1 Å². The second-order valence-electron chi connectivity index (χ2n) is 6.66. The summed E-state index contributed by atoms with van der Waals surface area (Å²) in [7, 11) is 0. The highest BCUT2D eigenvalue weighted by Gasteiger charge is 2.22. The smallest absolute Gasteiger partial charge is 0.255 e. The van der Waals surface area contributed by atoms with Crippen molar-refractivity contribution in [3.8, 4) is 5.69 Å². The number of nitrogens with one attached hydrogen (secondary N) is 1. The Hall–Kier alpha value is -2.89. The average Bonchev–Trinajstić information content (AvgIpc) is 3.21. The van der Waals surface area contributed by atoms with E-state index in [0.717, 1.165) is 17.1 Å². The zero-order valence-corrected chi connectivity index (χ0v) is 15.1. The maximum Gasteiger partial charge on any atom is 0.255 e. The average molecular weight is 355 g/mol. The van der Waals surface area contributed by atoms with Crippen LogP contribution in [0.4, 0.5) is 4.39 Å². The summed E-state index contributed by atoms with van der Waals surface area (Å²) < 4.78 is 20.2. The number of rotatable bonds is 6. The van der Waals surface area contributed by atoms with Gasteiger partial charge in [0.2, 0.25) is 0 Å². The molecule has 5 nitrogen and oxygen atoms in total. The predicted molar refractivity (Wildman–Crippen MR) is 96.7 cm³/mol. The van der Waals surface area contributed by atoms with Gasteiger partial charge in [-0.05, 0) is 55.7 Å². The van der Waals surface area contributed by atoms with Crippen molar-refractivity contribution in [2.45, 2.75) is 33.7 Å². The summed E-state index contributed by atoms with van der Waals surface area (Å²) in [6, 6.07) is 9.66. The van der Waals surface area contributed by atoms with E-state index in [1.807, 2.05) is 13.0 Å². The molecule has 0 aliphatic carbocycles. The Morgan fingerprint density at radius 2 is 2.00 bits per heavy atom. The number of amides is 1. The third-order valence-corrected chi connectivity index (χ3v) is 4.09. The van der Waals surface area contributed by atoms with Gasteiger partial charge in [-0.3, -0.25) is 4.79 Å². The molecule has 0 aliphatic rings. The van der Waals surface area contributed by atoms with Crippen LogP contribution in [0.5, 0.6) is 0 Å². The van der Waals surface area contributed by atoms with E-state index in [4.69, 9.17) is 4.42 Å². The Morgan fingerprint density at radius 3 is 2.62 bits per heavy atom. The number of benzene rings is 1. The Kier molecular flexibility index (Phi) is 5.21. The molecule has 0 fully saturated rings. The first kappa shape index (κ1) is 17.9. The molecule has 0 spiro atoms. The minimum absolute atomic E-state index is 0.192. The van der Waals surface area contributed by atoms with Gasteiger partial charge in [0.05, 0.1) is 35.4 Å². The summed E-state index contributed by atoms with van der Waals surface area (Å²) in [5.74, 6) is 0.537. The molecule has 1 aromatic carbocycles. The summed E-state index contributed by atoms with van der Waals surface area (Å²) in [4.78, 5) is 12.8. The van der Waals surface area contributed by atoms with E-state index in [2.05, 4.69) is 24.3 Å². The van der Waals surface area contributed by atoms with E-state index in [1.54, 1.807) is 29.1 Å². The quantitative estimate of drug-likeness (QED) is 0.726. The van der Waals surface area contributed by atoms with Crippen molar-refractivity contribution in [2.75, 3.05) is 0 Å². The molecule has 0 bridgehead atoms. The van der Waals surface area contributed by atoms with Crippen molar-refractivity contribution in [1.82, 2.24) is 15.1 Å². The summed E-state index contributed by atoms with van der Waals surface area (Å²) in [6.07, 6.45) is 2.25. The van der Waals surface area contributed by atoms with E-state index < -0.39 is 0 Å². The van der Waals surface area contributed by atoms with E-state index >= 15 is 0 Å². The molecular weight excluding hydrogens is 333 g/mol. The molecule has 136 valence electrons. The molecular formula is C20H22FN3O2. The molecule has 2 heterocycles. The molecule has 0 atom stereocenters. The fraction of sp³-hybridized carbons (Fsp3) is 0.300. The van der Waals surface area contributed by atoms with Gasteiger partial charge in [-0.15, -0.1) is 0 Å². The Bertz CT molecular complexity index is 881. The van der Waals surface area contributed by atoms with Crippen molar-refractivity contribution in [3.05, 3.63) is 71.2 Å². The van der Waals surface area contributed by atoms with Crippen LogP contribution in [0.25, 0.3) is 5.69 Å². The third-order valence-electron chi connectivity index (χ3n) is 4.09. The van der Waals surface area contributed by atoms with Gasteiger partial charge < -0.3 is 9.73 Å². The van der Waals surface area contributed by atoms with Gasteiger partial charge in [0.1, 0.15) is 11.6 Å². The zero-order chi connectivity index (χ0) is 18.7. The fourth-order valence-corrected chi connectivity index (χ4v) is 2.89. The van der Waals surface area contributed by atoms with Gasteiger partial charge in [-0.2, -0.15) is 5.10 Å². The van der Waals surface area contributed by atoms with Crippen LogP contribution < -0.4 is 5.32 Å². The van der Waals surface area contributed by atoms with Gasteiger partial charge in [-0.1, -0.05) is 13.8 Å². The van der Waals surface area contributed by atoms with Crippen molar-refractivity contribution in [3.63, 3.8) is 0 Å². The van der Waals surface area contributed by atoms with Crippen LogP contribution in [0.1, 0.15) is 41.4 Å². The van der Waals surface area contributed by atoms with Crippen LogP contribution in [0, 0.1) is 18.7 Å². The molecule has 3 aromatic rings. The highest BCUT2D eigenvalue weighted by atomic mass is 19.1. The third kappa shape index (κ3) is 3.85. The van der Waals surface area contributed by atoms with Gasteiger partial charge in [-0.25, -0.2) is 9.07 Å². The first-order valence-corrected chi connectivity index (χ1v) is 8.60. The van der Waals surface area contributed by atoms with E-state index in [1.165, 1.54) is 12.1 Å². The summed E-state index contributed by atoms with van der Waals surface area (Å²) in [6.45, 7) is 6.32. The molecule has 26 heavy (non-hydrogen) atoms. The van der Waals surface area contributed by atoms with Crippen LogP contribution in [0.2, 0.25) is 0 Å². The predicted octanol–water partition coefficient (Wildman–Crippen LogP) is 4.04. The maximum atomic E-state index is 13.2. The monoisotopic (exact) mass is 355 g/mol. The number of hydrogen-bond donors (Lipinski definition) is 1. The Balaban J connectivity index is 1.93. The van der Waals surface area contributed by atoms with E-state index in [0.29, 0.717) is 30.2 Å². The molecule has 0 unspecified atom stereocenters. The highest BCUT2D eigenvalue weighted by molar-refractivity contribution is 5.96. The van der Waals surface area contributed by atoms with E-state index in [9.17, 15) is 9.18 Å². The number of carbonyl (C=O) groups excluding carboxylic acids is 1. The molecule has 1 N–H and O–H groups in total. The van der Waals surface area contributed by atoms with Crippen LogP contribution in [0.3, 0.4) is 0 Å². The van der Waals surface area contributed by atoms with Gasteiger partial charge in [0.25, 0.3) is 5.91 Å². The second-order valence-corrected chi connectivity index (χ2v) is 6.66. The van der Waals surface area contributed by atoms with Gasteiger partial charge >= 0.3 is 0 Å². The van der Waals surface area contributed by atoms with Crippen molar-refractivity contribution < 1.29 is 13.6 Å². The van der Waals surface area contributed by atoms with Crippen LogP contribution in [-0.4, -0.2) is 15.7 Å². The molecule has 0 radical (unpaired) electrons. The zero-order valence-electron chi connectivity index (χ0n) is 15.1. The summed E-state index contributed by atoms with van der Waals surface area (Å²) in [5, 5.41) is 7.51. The maximum absolute atomic E-state index is 13.2. The fourth-order valence-electron chi connectivity index (χ4n) is 2.89. The molecule has 0 aliphatic heterocycles. The molecule has 3 rings (SSSR count). The normalized spacial score (nSPS) is 11.1. The lowest BCUT2D eigenvalue weighted by Gasteiger charge is -2.07. The number of hydrogen-bond acceptors (Lipinski definition) is 3. The van der Waals surface area contributed by atoms with Crippen molar-refractivity contribution in [2.24, 2.45) is 5.92 Å².